The maximum Gasteiger partial charge on any atom is 0.416 e. The number of carbonyl (C=O) groups excluding carboxylic acids is 1. The Bertz CT molecular complexity index is 1460. The van der Waals surface area contributed by atoms with Crippen molar-refractivity contribution in [1.82, 2.24) is 34.1 Å². The largest absolute Gasteiger partial charge is 0.416 e. The third-order valence-electron chi connectivity index (χ3n) is 5.20. The summed E-state index contributed by atoms with van der Waals surface area (Å²) in [6.45, 7) is 0. The fraction of sp³-hybridized carbons (Fsp3) is 0.0909. The molecule has 0 radical (unpaired) electrons. The van der Waals surface area contributed by atoms with Gasteiger partial charge in [0.2, 0.25) is 0 Å². The van der Waals surface area contributed by atoms with Crippen LogP contribution in [0.3, 0.4) is 0 Å². The number of halogens is 3. The van der Waals surface area contributed by atoms with Crippen LogP contribution in [0.4, 0.5) is 18.9 Å². The second-order valence-electron chi connectivity index (χ2n) is 7.30. The van der Waals surface area contributed by atoms with Crippen LogP contribution in [-0.2, 0) is 6.18 Å². The van der Waals surface area contributed by atoms with Gasteiger partial charge >= 0.3 is 6.18 Å². The second kappa shape index (κ2) is 8.06. The maximum atomic E-state index is 13.1. The molecule has 0 fully saturated rings. The summed E-state index contributed by atoms with van der Waals surface area (Å²) in [5.41, 5.74) is 1.42. The number of anilines is 1. The average molecular weight is 464 g/mol. The molecule has 170 valence electrons. The number of carbonyl (C=O) groups is 1. The molecule has 5 aromatic rings. The summed E-state index contributed by atoms with van der Waals surface area (Å²) in [6.07, 6.45) is 4.46. The summed E-state index contributed by atoms with van der Waals surface area (Å²) in [5.74, 6) is 0.144. The van der Waals surface area contributed by atoms with Gasteiger partial charge in [-0.15, -0.1) is 0 Å². The lowest BCUT2D eigenvalue weighted by atomic mass is 10.1. The Balaban J connectivity index is 1.43. The number of nitrogens with zero attached hydrogens (tertiary/aromatic N) is 8. The first-order valence-electron chi connectivity index (χ1n) is 9.91. The summed E-state index contributed by atoms with van der Waals surface area (Å²) in [5, 5.41) is 4.01. The highest BCUT2D eigenvalue weighted by Crippen LogP contribution is 2.31. The highest BCUT2D eigenvalue weighted by Gasteiger charge is 2.30. The first-order chi connectivity index (χ1) is 16.3. The van der Waals surface area contributed by atoms with Gasteiger partial charge in [-0.2, -0.15) is 18.3 Å². The molecule has 0 atom stereocenters. The van der Waals surface area contributed by atoms with Crippen LogP contribution in [0.2, 0.25) is 0 Å². The normalized spacial score (nSPS) is 11.6. The second-order valence-corrected chi connectivity index (χ2v) is 7.30. The van der Waals surface area contributed by atoms with E-state index in [0.717, 1.165) is 12.1 Å². The summed E-state index contributed by atoms with van der Waals surface area (Å²) in [6, 6.07) is 8.15. The molecule has 0 aliphatic rings. The lowest BCUT2D eigenvalue weighted by Gasteiger charge is -2.17. The highest BCUT2D eigenvalue weighted by molar-refractivity contribution is 6.04. The smallest absolute Gasteiger partial charge is 0.309 e. The van der Waals surface area contributed by atoms with Crippen LogP contribution < -0.4 is 4.90 Å². The molecule has 0 N–H and O–H groups in total. The fourth-order valence-electron chi connectivity index (χ4n) is 3.37. The summed E-state index contributed by atoms with van der Waals surface area (Å²) < 4.78 is 41.8. The quantitative estimate of drug-likeness (QED) is 0.403. The molecular formula is C22H15F3N8O. The molecule has 34 heavy (non-hydrogen) atoms. The molecule has 0 unspecified atom stereocenters. The number of pyridine rings is 1. The van der Waals surface area contributed by atoms with Crippen molar-refractivity contribution in [3.8, 4) is 17.1 Å². The lowest BCUT2D eigenvalue weighted by molar-refractivity contribution is -0.137. The van der Waals surface area contributed by atoms with Crippen molar-refractivity contribution in [1.29, 1.82) is 0 Å². The molecule has 0 aliphatic carbocycles. The van der Waals surface area contributed by atoms with Crippen molar-refractivity contribution in [2.45, 2.75) is 6.18 Å². The number of hydrogen-bond donors (Lipinski definition) is 0. The third-order valence-corrected chi connectivity index (χ3v) is 5.20. The van der Waals surface area contributed by atoms with Crippen LogP contribution >= 0.6 is 0 Å². The van der Waals surface area contributed by atoms with Crippen LogP contribution in [0.25, 0.3) is 22.7 Å². The van der Waals surface area contributed by atoms with Gasteiger partial charge in [-0.1, -0.05) is 12.1 Å². The standard InChI is InChI=1S/C22H15F3N8O/c1-31(16-6-7-19(28-8-16)33-13-26-12-30-33)21(34)17-11-32-18(9-29-20(32)10-27-17)14-2-4-15(5-3-14)22(23,24)25/h2-13H,1H3. The van der Waals surface area contributed by atoms with Gasteiger partial charge < -0.3 is 4.90 Å². The number of imidazole rings is 1. The third kappa shape index (κ3) is 3.85. The Morgan fingerprint density at radius 2 is 1.76 bits per heavy atom. The zero-order valence-electron chi connectivity index (χ0n) is 17.5. The predicted molar refractivity (Wildman–Crippen MR) is 115 cm³/mol. The molecule has 0 bridgehead atoms. The number of benzene rings is 1. The Morgan fingerprint density at radius 1 is 0.971 bits per heavy atom. The number of amides is 1. The van der Waals surface area contributed by atoms with Crippen molar-refractivity contribution in [2.24, 2.45) is 0 Å². The molecule has 0 saturated carbocycles. The van der Waals surface area contributed by atoms with Gasteiger partial charge in [0.1, 0.15) is 18.3 Å². The van der Waals surface area contributed by atoms with Crippen LogP contribution in [-0.4, -0.2) is 47.1 Å². The minimum atomic E-state index is -4.42. The average Bonchev–Trinajstić information content (AvgIpc) is 3.53. The Hall–Kier alpha value is -4.61. The Morgan fingerprint density at radius 3 is 2.41 bits per heavy atom. The maximum absolute atomic E-state index is 13.1. The first kappa shape index (κ1) is 21.2. The van der Waals surface area contributed by atoms with Crippen molar-refractivity contribution in [3.63, 3.8) is 0 Å². The van der Waals surface area contributed by atoms with Gasteiger partial charge in [0, 0.05) is 18.8 Å². The van der Waals surface area contributed by atoms with Gasteiger partial charge in [-0.3, -0.25) is 9.20 Å². The highest BCUT2D eigenvalue weighted by atomic mass is 19.4. The topological polar surface area (TPSA) is 94.1 Å². The van der Waals surface area contributed by atoms with E-state index in [4.69, 9.17) is 0 Å². The molecule has 1 amide bonds. The molecule has 5 rings (SSSR count). The van der Waals surface area contributed by atoms with Crippen LogP contribution in [0.1, 0.15) is 16.1 Å². The number of hydrogen-bond acceptors (Lipinski definition) is 6. The van der Waals surface area contributed by atoms with E-state index < -0.39 is 17.6 Å². The summed E-state index contributed by atoms with van der Waals surface area (Å²) in [7, 11) is 1.59. The van der Waals surface area contributed by atoms with Crippen molar-refractivity contribution in [2.75, 3.05) is 11.9 Å². The van der Waals surface area contributed by atoms with E-state index in [9.17, 15) is 18.0 Å². The molecular weight excluding hydrogens is 449 g/mol. The Labute approximate surface area is 190 Å². The molecule has 4 heterocycles. The van der Waals surface area contributed by atoms with Crippen LogP contribution in [0.5, 0.6) is 0 Å². The van der Waals surface area contributed by atoms with Crippen molar-refractivity contribution < 1.29 is 18.0 Å². The van der Waals surface area contributed by atoms with Gasteiger partial charge in [-0.25, -0.2) is 24.6 Å². The van der Waals surface area contributed by atoms with E-state index in [1.54, 1.807) is 23.6 Å². The molecule has 1 aromatic carbocycles. The van der Waals surface area contributed by atoms with E-state index in [2.05, 4.69) is 25.0 Å². The lowest BCUT2D eigenvalue weighted by Crippen LogP contribution is -2.27. The van der Waals surface area contributed by atoms with E-state index in [0.29, 0.717) is 28.4 Å². The molecule has 4 aromatic heterocycles. The minimum Gasteiger partial charge on any atom is -0.309 e. The SMILES string of the molecule is CN(C(=O)c1cn2c(-c3ccc(C(F)(F)F)cc3)cnc2cn1)c1ccc(-n2cncn2)nc1. The molecule has 0 saturated heterocycles. The van der Waals surface area contributed by atoms with Gasteiger partial charge in [0.05, 0.1) is 35.5 Å². The fourth-order valence-corrected chi connectivity index (χ4v) is 3.37. The summed E-state index contributed by atoms with van der Waals surface area (Å²) in [4.78, 5) is 31.1. The molecule has 9 nitrogen and oxygen atoms in total. The number of alkyl halides is 3. The molecule has 12 heteroatoms. The van der Waals surface area contributed by atoms with Crippen molar-refractivity contribution in [3.05, 3.63) is 85.1 Å². The van der Waals surface area contributed by atoms with Crippen LogP contribution in [0.15, 0.2) is 73.8 Å². The zero-order chi connectivity index (χ0) is 23.9. The Kier molecular flexibility index (Phi) is 5.04. The van der Waals surface area contributed by atoms with E-state index >= 15 is 0 Å². The van der Waals surface area contributed by atoms with E-state index in [1.807, 2.05) is 0 Å². The number of fused-ring (bicyclic) bond motifs is 1. The van der Waals surface area contributed by atoms with E-state index in [1.165, 1.54) is 59.2 Å². The molecule has 0 spiro atoms. The van der Waals surface area contributed by atoms with Crippen LogP contribution in [0, 0.1) is 0 Å². The number of rotatable bonds is 4. The van der Waals surface area contributed by atoms with Gasteiger partial charge in [0.15, 0.2) is 11.5 Å². The van der Waals surface area contributed by atoms with Gasteiger partial charge in [-0.05, 0) is 24.3 Å². The van der Waals surface area contributed by atoms with Crippen molar-refractivity contribution >= 4 is 17.2 Å². The number of aromatic nitrogens is 7. The monoisotopic (exact) mass is 464 g/mol. The molecule has 0 aliphatic heterocycles. The van der Waals surface area contributed by atoms with E-state index in [-0.39, 0.29) is 5.69 Å². The summed E-state index contributed by atoms with van der Waals surface area (Å²) >= 11 is 0. The zero-order valence-corrected chi connectivity index (χ0v) is 17.5. The first-order valence-corrected chi connectivity index (χ1v) is 9.91. The predicted octanol–water partition coefficient (Wildman–Crippen LogP) is 3.67. The van der Waals surface area contributed by atoms with Gasteiger partial charge in [0.25, 0.3) is 5.91 Å². The minimum absolute atomic E-state index is 0.126.